The average Bonchev–Trinajstić information content (AvgIpc) is 2.78. The van der Waals surface area contributed by atoms with Crippen LogP contribution >= 0.6 is 11.3 Å². The van der Waals surface area contributed by atoms with Gasteiger partial charge in [0.25, 0.3) is 5.91 Å². The number of rotatable bonds is 6. The first-order chi connectivity index (χ1) is 12.5. The lowest BCUT2D eigenvalue weighted by Crippen LogP contribution is -2.20. The summed E-state index contributed by atoms with van der Waals surface area (Å²) in [7, 11) is 0. The molecule has 1 amide bonds. The summed E-state index contributed by atoms with van der Waals surface area (Å²) in [6, 6.07) is 2.17. The lowest BCUT2D eigenvalue weighted by atomic mass is 10.1. The number of hydrogen-bond donors (Lipinski definition) is 1. The molecule has 1 aliphatic rings. The van der Waals surface area contributed by atoms with E-state index in [1.54, 1.807) is 6.92 Å². The first-order valence-corrected chi connectivity index (χ1v) is 9.22. The summed E-state index contributed by atoms with van der Waals surface area (Å²) >= 11 is 1.41. The Bertz CT molecular complexity index is 760. The first-order valence-electron chi connectivity index (χ1n) is 8.41. The molecule has 0 aromatic carbocycles. The molecule has 0 unspecified atom stereocenters. The van der Waals surface area contributed by atoms with Crippen molar-refractivity contribution in [2.45, 2.75) is 39.0 Å². The molecule has 1 aliphatic carbocycles. The number of carbonyl (C=O) groups excluding carboxylic acids is 3. The molecule has 0 fully saturated rings. The van der Waals surface area contributed by atoms with Gasteiger partial charge in [-0.3, -0.25) is 4.79 Å². The van der Waals surface area contributed by atoms with E-state index in [9.17, 15) is 19.6 Å². The van der Waals surface area contributed by atoms with E-state index in [4.69, 9.17) is 4.74 Å². The van der Waals surface area contributed by atoms with Gasteiger partial charge in [0.15, 0.2) is 6.61 Å². The molecule has 0 saturated carbocycles. The predicted octanol–water partition coefficient (Wildman–Crippen LogP) is 2.49. The first kappa shape index (κ1) is 19.7. The van der Waals surface area contributed by atoms with Gasteiger partial charge in [0.1, 0.15) is 11.1 Å². The summed E-state index contributed by atoms with van der Waals surface area (Å²) in [4.78, 5) is 35.7. The number of hydrogen-bond acceptors (Lipinski definition) is 7. The van der Waals surface area contributed by atoms with E-state index < -0.39 is 24.5 Å². The van der Waals surface area contributed by atoms with Gasteiger partial charge in [0, 0.05) is 17.0 Å². The highest BCUT2D eigenvalue weighted by Crippen LogP contribution is 2.36. The number of carbonyl (C=O) groups is 3. The average molecular weight is 376 g/mol. The second-order valence-corrected chi connectivity index (χ2v) is 6.73. The second kappa shape index (κ2) is 9.73. The number of aryl methyl sites for hydroxylation is 1. The molecule has 0 bridgehead atoms. The number of esters is 2. The topological polar surface area (TPSA) is 105 Å². The molecule has 26 heavy (non-hydrogen) atoms. The van der Waals surface area contributed by atoms with Crippen LogP contribution in [0.5, 0.6) is 0 Å². The van der Waals surface area contributed by atoms with Crippen LogP contribution in [0.2, 0.25) is 0 Å². The van der Waals surface area contributed by atoms with Gasteiger partial charge in [-0.05, 0) is 38.2 Å². The van der Waals surface area contributed by atoms with Crippen molar-refractivity contribution in [3.05, 3.63) is 28.2 Å². The van der Waals surface area contributed by atoms with E-state index in [0.29, 0.717) is 10.6 Å². The summed E-state index contributed by atoms with van der Waals surface area (Å²) in [5.74, 6) is -2.01. The van der Waals surface area contributed by atoms with Crippen molar-refractivity contribution < 1.29 is 23.9 Å². The highest BCUT2D eigenvalue weighted by molar-refractivity contribution is 7.16. The van der Waals surface area contributed by atoms with Crippen molar-refractivity contribution in [1.29, 1.82) is 5.26 Å². The van der Waals surface area contributed by atoms with Crippen molar-refractivity contribution in [2.75, 3.05) is 18.5 Å². The van der Waals surface area contributed by atoms with Crippen LogP contribution in [-0.2, 0) is 36.7 Å². The zero-order valence-electron chi connectivity index (χ0n) is 14.5. The van der Waals surface area contributed by atoms with Crippen molar-refractivity contribution in [3.8, 4) is 6.07 Å². The maximum atomic E-state index is 12.0. The van der Waals surface area contributed by atoms with Crippen molar-refractivity contribution >= 4 is 34.2 Å². The van der Waals surface area contributed by atoms with Crippen molar-refractivity contribution in [2.24, 2.45) is 0 Å². The molecule has 138 valence electrons. The number of thiophene rings is 1. The molecule has 0 spiro atoms. The molecule has 1 aromatic rings. The Kier molecular flexibility index (Phi) is 7.36. The van der Waals surface area contributed by atoms with E-state index in [1.807, 2.05) is 0 Å². The molecule has 1 N–H and O–H groups in total. The molecule has 2 rings (SSSR count). The minimum absolute atomic E-state index is 0.201. The fraction of sp³-hybridized carbons (Fsp3) is 0.444. The van der Waals surface area contributed by atoms with Gasteiger partial charge in [-0.1, -0.05) is 6.42 Å². The fourth-order valence-electron chi connectivity index (χ4n) is 2.62. The Labute approximate surface area is 155 Å². The third kappa shape index (κ3) is 5.43. The van der Waals surface area contributed by atoms with Gasteiger partial charge in [-0.25, -0.2) is 9.59 Å². The predicted molar refractivity (Wildman–Crippen MR) is 95.7 cm³/mol. The van der Waals surface area contributed by atoms with Crippen LogP contribution in [-0.4, -0.2) is 31.1 Å². The Morgan fingerprint density at radius 2 is 1.85 bits per heavy atom. The molecule has 0 aliphatic heterocycles. The van der Waals surface area contributed by atoms with Crippen molar-refractivity contribution in [3.63, 3.8) is 0 Å². The van der Waals surface area contributed by atoms with E-state index in [1.165, 1.54) is 11.3 Å². The zero-order chi connectivity index (χ0) is 18.9. The number of nitrogens with zero attached hydrogens (tertiary/aromatic N) is 1. The largest absolute Gasteiger partial charge is 0.463 e. The second-order valence-electron chi connectivity index (χ2n) is 5.62. The molecular formula is C18H20N2O5S. The summed E-state index contributed by atoms with van der Waals surface area (Å²) in [6.07, 6.45) is 6.86. The van der Waals surface area contributed by atoms with Crippen LogP contribution in [0.15, 0.2) is 12.2 Å². The lowest BCUT2D eigenvalue weighted by Gasteiger charge is -2.04. The highest BCUT2D eigenvalue weighted by atomic mass is 32.1. The van der Waals surface area contributed by atoms with Crippen LogP contribution in [0, 0.1) is 11.3 Å². The molecule has 1 heterocycles. The monoisotopic (exact) mass is 376 g/mol. The third-order valence-electron chi connectivity index (χ3n) is 3.77. The normalized spacial score (nSPS) is 13.4. The van der Waals surface area contributed by atoms with Gasteiger partial charge in [0.05, 0.1) is 12.2 Å². The maximum Gasteiger partial charge on any atom is 0.331 e. The molecule has 1 aromatic heterocycles. The third-order valence-corrected chi connectivity index (χ3v) is 4.98. The van der Waals surface area contributed by atoms with Crippen molar-refractivity contribution in [1.82, 2.24) is 0 Å². The molecule has 0 atom stereocenters. The highest BCUT2D eigenvalue weighted by Gasteiger charge is 2.21. The molecule has 8 heteroatoms. The van der Waals surface area contributed by atoms with E-state index >= 15 is 0 Å². The minimum Gasteiger partial charge on any atom is -0.463 e. The van der Waals surface area contributed by atoms with E-state index in [-0.39, 0.29) is 6.61 Å². The van der Waals surface area contributed by atoms with E-state index in [2.05, 4.69) is 16.1 Å². The van der Waals surface area contributed by atoms with Gasteiger partial charge in [0.2, 0.25) is 0 Å². The number of nitrogens with one attached hydrogen (secondary N) is 1. The molecule has 0 saturated heterocycles. The quantitative estimate of drug-likeness (QED) is 0.464. The number of nitriles is 1. The number of anilines is 1. The van der Waals surface area contributed by atoms with Crippen LogP contribution < -0.4 is 5.32 Å². The zero-order valence-corrected chi connectivity index (χ0v) is 15.3. The smallest absolute Gasteiger partial charge is 0.331 e. The van der Waals surface area contributed by atoms with Crippen LogP contribution in [0.3, 0.4) is 0 Å². The number of amides is 1. The van der Waals surface area contributed by atoms with Gasteiger partial charge in [-0.2, -0.15) is 5.26 Å². The van der Waals surface area contributed by atoms with Crippen LogP contribution in [0.4, 0.5) is 5.00 Å². The molecular weight excluding hydrogens is 356 g/mol. The number of ether oxygens (including phenoxy) is 2. The summed E-state index contributed by atoms with van der Waals surface area (Å²) in [6.45, 7) is 1.35. The standard InChI is InChI=1S/C18H20N2O5S/c1-2-24-16(22)8-9-17(23)25-11-15(21)20-18-13(10-19)12-6-4-3-5-7-14(12)26-18/h8-9H,2-7,11H2,1H3,(H,20,21). The van der Waals surface area contributed by atoms with Gasteiger partial charge >= 0.3 is 11.9 Å². The van der Waals surface area contributed by atoms with Gasteiger partial charge < -0.3 is 14.8 Å². The molecule has 7 nitrogen and oxygen atoms in total. The Balaban J connectivity index is 1.91. The summed E-state index contributed by atoms with van der Waals surface area (Å²) < 4.78 is 9.41. The summed E-state index contributed by atoms with van der Waals surface area (Å²) in [5, 5.41) is 12.6. The van der Waals surface area contributed by atoms with Gasteiger partial charge in [-0.15, -0.1) is 11.3 Å². The lowest BCUT2D eigenvalue weighted by molar-refractivity contribution is -0.143. The Morgan fingerprint density at radius 3 is 2.54 bits per heavy atom. The van der Waals surface area contributed by atoms with Crippen LogP contribution in [0.1, 0.15) is 42.2 Å². The molecule has 0 radical (unpaired) electrons. The van der Waals surface area contributed by atoms with Crippen LogP contribution in [0.25, 0.3) is 0 Å². The minimum atomic E-state index is -0.823. The fourth-order valence-corrected chi connectivity index (χ4v) is 3.88. The summed E-state index contributed by atoms with van der Waals surface area (Å²) in [5.41, 5.74) is 1.54. The van der Waals surface area contributed by atoms with E-state index in [0.717, 1.165) is 54.7 Å². The maximum absolute atomic E-state index is 12.0. The SMILES string of the molecule is CCOC(=O)C=CC(=O)OCC(=O)Nc1sc2c(c1C#N)CCCCC2. The number of fused-ring (bicyclic) bond motifs is 1. The Morgan fingerprint density at radius 1 is 1.15 bits per heavy atom. The Hall–Kier alpha value is -2.66.